The van der Waals surface area contributed by atoms with E-state index in [2.05, 4.69) is 0 Å². The number of amides is 1. The monoisotopic (exact) mass is 410 g/mol. The molecule has 1 aromatic rings. The van der Waals surface area contributed by atoms with Crippen LogP contribution in [0.15, 0.2) is 29.2 Å². The van der Waals surface area contributed by atoms with Crippen LogP contribution in [-0.2, 0) is 35.5 Å². The molecular weight excluding hydrogens is 384 g/mol. The maximum absolute atomic E-state index is 12.6. The summed E-state index contributed by atoms with van der Waals surface area (Å²) < 4.78 is 37.0. The Morgan fingerprint density at radius 2 is 1.61 bits per heavy atom. The molecule has 0 radical (unpaired) electrons. The molecule has 3 rings (SSSR count). The molecule has 0 saturated carbocycles. The van der Waals surface area contributed by atoms with Gasteiger partial charge in [-0.05, 0) is 30.5 Å². The highest BCUT2D eigenvalue weighted by atomic mass is 32.2. The fourth-order valence-corrected chi connectivity index (χ4v) is 4.81. The van der Waals surface area contributed by atoms with Gasteiger partial charge in [-0.2, -0.15) is 4.31 Å². The van der Waals surface area contributed by atoms with Crippen molar-refractivity contribution in [2.45, 2.75) is 30.6 Å². The summed E-state index contributed by atoms with van der Waals surface area (Å²) in [6, 6.07) is 6.26. The minimum absolute atomic E-state index is 0.0135. The Morgan fingerprint density at radius 1 is 0.964 bits per heavy atom. The highest BCUT2D eigenvalue weighted by Crippen LogP contribution is 2.21. The van der Waals surface area contributed by atoms with E-state index in [4.69, 9.17) is 9.47 Å². The van der Waals surface area contributed by atoms with Crippen LogP contribution < -0.4 is 0 Å². The second kappa shape index (κ2) is 9.49. The van der Waals surface area contributed by atoms with Crippen LogP contribution in [-0.4, -0.2) is 75.5 Å². The van der Waals surface area contributed by atoms with E-state index in [-0.39, 0.29) is 23.8 Å². The average molecular weight is 410 g/mol. The number of piperidine rings is 1. The van der Waals surface area contributed by atoms with Gasteiger partial charge in [0.1, 0.15) is 0 Å². The summed E-state index contributed by atoms with van der Waals surface area (Å²) in [5.41, 5.74) is 0.640. The number of rotatable bonds is 6. The van der Waals surface area contributed by atoms with E-state index in [0.29, 0.717) is 45.0 Å². The van der Waals surface area contributed by atoms with Crippen LogP contribution >= 0.6 is 0 Å². The van der Waals surface area contributed by atoms with Gasteiger partial charge in [-0.3, -0.25) is 9.59 Å². The van der Waals surface area contributed by atoms with Crippen LogP contribution in [0.1, 0.15) is 24.8 Å². The lowest BCUT2D eigenvalue weighted by Crippen LogP contribution is -2.42. The minimum Gasteiger partial charge on any atom is -0.455 e. The standard InChI is InChI=1S/C19H26N2O6S/c22-18(20-10-12-26-13-11-20)15-27-19(23)14-16-4-6-17(7-5-16)28(24,25)21-8-2-1-3-9-21/h4-7H,1-3,8-15H2. The molecule has 154 valence electrons. The molecular formula is C19H26N2O6S. The van der Waals surface area contributed by atoms with Gasteiger partial charge in [0, 0.05) is 26.2 Å². The molecule has 2 saturated heterocycles. The largest absolute Gasteiger partial charge is 0.455 e. The maximum Gasteiger partial charge on any atom is 0.310 e. The molecule has 0 N–H and O–H groups in total. The highest BCUT2D eigenvalue weighted by molar-refractivity contribution is 7.89. The van der Waals surface area contributed by atoms with Gasteiger partial charge in [0.2, 0.25) is 10.0 Å². The van der Waals surface area contributed by atoms with E-state index >= 15 is 0 Å². The predicted molar refractivity (Wildman–Crippen MR) is 101 cm³/mol. The number of nitrogens with zero attached hydrogens (tertiary/aromatic N) is 2. The summed E-state index contributed by atoms with van der Waals surface area (Å²) in [6.45, 7) is 2.80. The van der Waals surface area contributed by atoms with Gasteiger partial charge < -0.3 is 14.4 Å². The molecule has 1 aromatic carbocycles. The third-order valence-electron chi connectivity index (χ3n) is 4.95. The zero-order chi connectivity index (χ0) is 20.0. The molecule has 0 bridgehead atoms. The van der Waals surface area contributed by atoms with Crippen molar-refractivity contribution in [3.8, 4) is 0 Å². The number of benzene rings is 1. The molecule has 28 heavy (non-hydrogen) atoms. The van der Waals surface area contributed by atoms with Crippen molar-refractivity contribution in [3.05, 3.63) is 29.8 Å². The van der Waals surface area contributed by atoms with Gasteiger partial charge in [-0.15, -0.1) is 0 Å². The highest BCUT2D eigenvalue weighted by Gasteiger charge is 2.25. The van der Waals surface area contributed by atoms with Crippen molar-refractivity contribution in [1.29, 1.82) is 0 Å². The third kappa shape index (κ3) is 5.30. The van der Waals surface area contributed by atoms with Gasteiger partial charge in [-0.25, -0.2) is 8.42 Å². The maximum atomic E-state index is 12.6. The molecule has 0 spiro atoms. The van der Waals surface area contributed by atoms with E-state index < -0.39 is 16.0 Å². The van der Waals surface area contributed by atoms with E-state index in [1.165, 1.54) is 16.4 Å². The SMILES string of the molecule is O=C(Cc1ccc(S(=O)(=O)N2CCCCC2)cc1)OCC(=O)N1CCOCC1. The molecule has 0 atom stereocenters. The predicted octanol–water partition coefficient (Wildman–Crippen LogP) is 0.806. The molecule has 1 amide bonds. The number of carbonyl (C=O) groups excluding carboxylic acids is 2. The van der Waals surface area contributed by atoms with Gasteiger partial charge in [-0.1, -0.05) is 18.6 Å². The van der Waals surface area contributed by atoms with Crippen molar-refractivity contribution in [2.24, 2.45) is 0 Å². The number of sulfonamides is 1. The van der Waals surface area contributed by atoms with Crippen LogP contribution in [0.4, 0.5) is 0 Å². The van der Waals surface area contributed by atoms with Crippen LogP contribution in [0, 0.1) is 0 Å². The fourth-order valence-electron chi connectivity index (χ4n) is 3.30. The number of ether oxygens (including phenoxy) is 2. The number of morpholine rings is 1. The zero-order valence-corrected chi connectivity index (χ0v) is 16.7. The van der Waals surface area contributed by atoms with Crippen molar-refractivity contribution in [3.63, 3.8) is 0 Å². The number of hydrogen-bond acceptors (Lipinski definition) is 6. The lowest BCUT2D eigenvalue weighted by atomic mass is 10.1. The Balaban J connectivity index is 1.50. The summed E-state index contributed by atoms with van der Waals surface area (Å²) in [6.07, 6.45) is 2.81. The molecule has 2 aliphatic rings. The molecule has 8 nitrogen and oxygen atoms in total. The first-order chi connectivity index (χ1) is 13.5. The van der Waals surface area contributed by atoms with Gasteiger partial charge in [0.15, 0.2) is 6.61 Å². The Morgan fingerprint density at radius 3 is 2.25 bits per heavy atom. The second-order valence-corrected chi connectivity index (χ2v) is 8.88. The Bertz CT molecular complexity index is 781. The van der Waals surface area contributed by atoms with E-state index in [1.54, 1.807) is 17.0 Å². The van der Waals surface area contributed by atoms with Crippen molar-refractivity contribution in [2.75, 3.05) is 46.0 Å². The molecule has 0 unspecified atom stereocenters. The lowest BCUT2D eigenvalue weighted by Gasteiger charge is -2.26. The molecule has 9 heteroatoms. The van der Waals surface area contributed by atoms with Crippen molar-refractivity contribution >= 4 is 21.9 Å². The molecule has 0 aromatic heterocycles. The summed E-state index contributed by atoms with van der Waals surface area (Å²) in [7, 11) is -3.48. The van der Waals surface area contributed by atoms with Crippen LogP contribution in [0.25, 0.3) is 0 Å². The molecule has 2 aliphatic heterocycles. The number of hydrogen-bond donors (Lipinski definition) is 0. The van der Waals surface area contributed by atoms with Crippen LogP contribution in [0.5, 0.6) is 0 Å². The first-order valence-electron chi connectivity index (χ1n) is 9.57. The van der Waals surface area contributed by atoms with Gasteiger partial charge in [0.25, 0.3) is 5.91 Å². The van der Waals surface area contributed by atoms with E-state index in [0.717, 1.165) is 19.3 Å². The van der Waals surface area contributed by atoms with Gasteiger partial charge in [0.05, 0.1) is 24.5 Å². The fraction of sp³-hybridized carbons (Fsp3) is 0.579. The third-order valence-corrected chi connectivity index (χ3v) is 6.86. The second-order valence-electron chi connectivity index (χ2n) is 6.94. The smallest absolute Gasteiger partial charge is 0.310 e. The Hall–Kier alpha value is -1.97. The summed E-state index contributed by atoms with van der Waals surface area (Å²) >= 11 is 0. The Kier molecular flexibility index (Phi) is 7.03. The first-order valence-corrected chi connectivity index (χ1v) is 11.0. The zero-order valence-electron chi connectivity index (χ0n) is 15.8. The topological polar surface area (TPSA) is 93.2 Å². The summed E-state index contributed by atoms with van der Waals surface area (Å²) in [5.74, 6) is -0.757. The summed E-state index contributed by atoms with van der Waals surface area (Å²) in [5, 5.41) is 0. The molecule has 2 fully saturated rings. The lowest BCUT2D eigenvalue weighted by molar-refractivity contribution is -0.153. The summed E-state index contributed by atoms with van der Waals surface area (Å²) in [4.78, 5) is 25.8. The van der Waals surface area contributed by atoms with Crippen LogP contribution in [0.2, 0.25) is 0 Å². The minimum atomic E-state index is -3.48. The van der Waals surface area contributed by atoms with E-state index in [9.17, 15) is 18.0 Å². The quantitative estimate of drug-likeness (QED) is 0.644. The van der Waals surface area contributed by atoms with Crippen LogP contribution in [0.3, 0.4) is 0 Å². The number of esters is 1. The molecule has 2 heterocycles. The van der Waals surface area contributed by atoms with Gasteiger partial charge >= 0.3 is 5.97 Å². The number of carbonyl (C=O) groups is 2. The van der Waals surface area contributed by atoms with Crippen molar-refractivity contribution in [1.82, 2.24) is 9.21 Å². The van der Waals surface area contributed by atoms with Crippen molar-refractivity contribution < 1.29 is 27.5 Å². The Labute approximate surface area is 165 Å². The average Bonchev–Trinajstić information content (AvgIpc) is 2.73. The normalized spacial score (nSPS) is 18.6. The molecule has 0 aliphatic carbocycles. The first kappa shape index (κ1) is 20.8. The van der Waals surface area contributed by atoms with E-state index in [1.807, 2.05) is 0 Å².